The molecular formula is C13H14N4OS. The lowest BCUT2D eigenvalue weighted by molar-refractivity contribution is 0.419. The minimum Gasteiger partial charge on any atom is -0.494 e. The molecule has 5 nitrogen and oxygen atoms in total. The highest BCUT2D eigenvalue weighted by atomic mass is 32.1. The van der Waals surface area contributed by atoms with E-state index in [0.717, 1.165) is 21.8 Å². The van der Waals surface area contributed by atoms with Crippen LogP contribution in [0.3, 0.4) is 0 Å². The lowest BCUT2D eigenvalue weighted by Crippen LogP contribution is -2.09. The van der Waals surface area contributed by atoms with Crippen molar-refractivity contribution in [2.45, 2.75) is 13.0 Å². The number of thiazole rings is 1. The van der Waals surface area contributed by atoms with Crippen molar-refractivity contribution in [3.8, 4) is 5.75 Å². The van der Waals surface area contributed by atoms with Gasteiger partial charge >= 0.3 is 0 Å². The fourth-order valence-electron chi connectivity index (χ4n) is 2.23. The van der Waals surface area contributed by atoms with Gasteiger partial charge in [0.1, 0.15) is 16.3 Å². The Bertz CT molecular complexity index is 705. The number of imidazole rings is 1. The van der Waals surface area contributed by atoms with Crippen LogP contribution in [0.5, 0.6) is 5.75 Å². The van der Waals surface area contributed by atoms with Gasteiger partial charge in [-0.3, -0.25) is 0 Å². The van der Waals surface area contributed by atoms with Crippen LogP contribution < -0.4 is 10.5 Å². The van der Waals surface area contributed by atoms with Crippen molar-refractivity contribution in [2.24, 2.45) is 0 Å². The summed E-state index contributed by atoms with van der Waals surface area (Å²) >= 11 is 1.61. The van der Waals surface area contributed by atoms with E-state index < -0.39 is 0 Å². The lowest BCUT2D eigenvalue weighted by Gasteiger charge is -2.13. The third-order valence-electron chi connectivity index (χ3n) is 3.13. The van der Waals surface area contributed by atoms with E-state index in [9.17, 15) is 0 Å². The lowest BCUT2D eigenvalue weighted by atomic mass is 10.2. The number of rotatable bonds is 3. The van der Waals surface area contributed by atoms with Crippen LogP contribution in [0.4, 0.5) is 5.95 Å². The first-order valence-corrected chi connectivity index (χ1v) is 6.80. The highest BCUT2D eigenvalue weighted by Gasteiger charge is 2.19. The first-order valence-electron chi connectivity index (χ1n) is 5.92. The highest BCUT2D eigenvalue weighted by molar-refractivity contribution is 7.09. The summed E-state index contributed by atoms with van der Waals surface area (Å²) in [5, 5.41) is 2.97. The molecule has 6 heteroatoms. The predicted molar refractivity (Wildman–Crippen MR) is 76.6 cm³/mol. The fourth-order valence-corrected chi connectivity index (χ4v) is 2.92. The number of hydrogen-bond donors (Lipinski definition) is 1. The van der Waals surface area contributed by atoms with Crippen molar-refractivity contribution in [3.05, 3.63) is 34.8 Å². The van der Waals surface area contributed by atoms with Gasteiger partial charge in [0, 0.05) is 11.6 Å². The Morgan fingerprint density at radius 2 is 2.26 bits per heavy atom. The van der Waals surface area contributed by atoms with Crippen molar-refractivity contribution in [2.75, 3.05) is 12.8 Å². The Morgan fingerprint density at radius 3 is 2.95 bits per heavy atom. The molecule has 0 bridgehead atoms. The maximum atomic E-state index is 6.06. The third kappa shape index (κ3) is 1.84. The second-order valence-electron chi connectivity index (χ2n) is 4.21. The van der Waals surface area contributed by atoms with Gasteiger partial charge in [-0.15, -0.1) is 11.3 Å². The van der Waals surface area contributed by atoms with Gasteiger partial charge in [0.25, 0.3) is 0 Å². The van der Waals surface area contributed by atoms with Crippen LogP contribution in [-0.4, -0.2) is 21.6 Å². The highest BCUT2D eigenvalue weighted by Crippen LogP contribution is 2.32. The summed E-state index contributed by atoms with van der Waals surface area (Å²) in [7, 11) is 1.63. The van der Waals surface area contributed by atoms with Gasteiger partial charge in [0.2, 0.25) is 5.95 Å². The van der Waals surface area contributed by atoms with E-state index in [4.69, 9.17) is 10.5 Å². The molecule has 2 heterocycles. The molecule has 19 heavy (non-hydrogen) atoms. The number of benzene rings is 1. The van der Waals surface area contributed by atoms with Crippen LogP contribution in [0, 0.1) is 0 Å². The quantitative estimate of drug-likeness (QED) is 0.797. The van der Waals surface area contributed by atoms with E-state index in [1.165, 1.54) is 0 Å². The molecule has 0 saturated heterocycles. The van der Waals surface area contributed by atoms with Crippen LogP contribution >= 0.6 is 11.3 Å². The molecule has 0 amide bonds. The number of ether oxygens (including phenoxy) is 1. The molecule has 98 valence electrons. The Morgan fingerprint density at radius 1 is 1.42 bits per heavy atom. The molecule has 2 aromatic heterocycles. The van der Waals surface area contributed by atoms with Gasteiger partial charge in [0.05, 0.1) is 18.7 Å². The Kier molecular flexibility index (Phi) is 2.87. The van der Waals surface area contributed by atoms with Crippen molar-refractivity contribution >= 4 is 28.3 Å². The predicted octanol–water partition coefficient (Wildman–Crippen LogP) is 2.69. The molecule has 0 fully saturated rings. The van der Waals surface area contributed by atoms with Gasteiger partial charge < -0.3 is 15.0 Å². The summed E-state index contributed by atoms with van der Waals surface area (Å²) in [4.78, 5) is 8.75. The maximum Gasteiger partial charge on any atom is 0.202 e. The summed E-state index contributed by atoms with van der Waals surface area (Å²) in [6.45, 7) is 2.07. The molecule has 0 aliphatic carbocycles. The van der Waals surface area contributed by atoms with Crippen LogP contribution in [0.15, 0.2) is 29.8 Å². The molecule has 2 N–H and O–H groups in total. The summed E-state index contributed by atoms with van der Waals surface area (Å²) < 4.78 is 7.30. The third-order valence-corrected chi connectivity index (χ3v) is 4.07. The van der Waals surface area contributed by atoms with Crippen molar-refractivity contribution < 1.29 is 4.74 Å². The molecule has 0 aliphatic heterocycles. The van der Waals surface area contributed by atoms with E-state index >= 15 is 0 Å². The van der Waals surface area contributed by atoms with Gasteiger partial charge in [0.15, 0.2) is 0 Å². The Hall–Kier alpha value is -2.08. The zero-order chi connectivity index (χ0) is 13.4. The largest absolute Gasteiger partial charge is 0.494 e. The first-order chi connectivity index (χ1) is 9.22. The average molecular weight is 274 g/mol. The summed E-state index contributed by atoms with van der Waals surface area (Å²) in [6.07, 6.45) is 1.80. The molecule has 0 radical (unpaired) electrons. The van der Waals surface area contributed by atoms with Crippen LogP contribution in [0.1, 0.15) is 18.0 Å². The molecule has 3 rings (SSSR count). The number of nitrogens with zero attached hydrogens (tertiary/aromatic N) is 3. The maximum absolute atomic E-state index is 6.06. The second-order valence-corrected chi connectivity index (χ2v) is 5.14. The van der Waals surface area contributed by atoms with E-state index in [1.807, 2.05) is 28.1 Å². The molecule has 0 aliphatic rings. The van der Waals surface area contributed by atoms with Crippen LogP contribution in [0.25, 0.3) is 11.0 Å². The van der Waals surface area contributed by atoms with Crippen LogP contribution in [-0.2, 0) is 0 Å². The monoisotopic (exact) mass is 274 g/mol. The number of nitrogen functional groups attached to an aromatic ring is 1. The summed E-state index contributed by atoms with van der Waals surface area (Å²) in [5.41, 5.74) is 7.80. The number of anilines is 1. The molecule has 3 aromatic rings. The fraction of sp³-hybridized carbons (Fsp3) is 0.231. The zero-order valence-electron chi connectivity index (χ0n) is 10.7. The van der Waals surface area contributed by atoms with Gasteiger partial charge in [-0.05, 0) is 19.1 Å². The van der Waals surface area contributed by atoms with Gasteiger partial charge in [-0.2, -0.15) is 0 Å². The van der Waals surface area contributed by atoms with Crippen molar-refractivity contribution in [3.63, 3.8) is 0 Å². The summed E-state index contributed by atoms with van der Waals surface area (Å²) in [5.74, 6) is 1.21. The molecule has 1 unspecified atom stereocenters. The number of hydrogen-bond acceptors (Lipinski definition) is 5. The number of nitrogens with two attached hydrogens (primary N) is 1. The van der Waals surface area contributed by atoms with Gasteiger partial charge in [-0.1, -0.05) is 6.07 Å². The Labute approximate surface area is 114 Å². The van der Waals surface area contributed by atoms with E-state index in [-0.39, 0.29) is 6.04 Å². The van der Waals surface area contributed by atoms with E-state index in [2.05, 4.69) is 16.9 Å². The average Bonchev–Trinajstić information content (AvgIpc) is 3.04. The van der Waals surface area contributed by atoms with E-state index in [1.54, 1.807) is 24.6 Å². The zero-order valence-corrected chi connectivity index (χ0v) is 11.5. The molecule has 0 saturated carbocycles. The SMILES string of the molecule is COc1cccc2c1nc(N)n2C(C)c1nccs1. The van der Waals surface area contributed by atoms with Gasteiger partial charge in [-0.25, -0.2) is 9.97 Å². The first kappa shape index (κ1) is 12.0. The number of methoxy groups -OCH3 is 1. The standard InChI is InChI=1S/C13H14N4OS/c1-8(12-15-6-7-19-12)17-9-4-3-5-10(18-2)11(9)16-13(17)14/h3-8H,1-2H3,(H2,14,16). The van der Waals surface area contributed by atoms with Crippen molar-refractivity contribution in [1.82, 2.24) is 14.5 Å². The molecule has 1 atom stereocenters. The second kappa shape index (κ2) is 4.55. The van der Waals surface area contributed by atoms with E-state index in [0.29, 0.717) is 5.95 Å². The molecular weight excluding hydrogens is 260 g/mol. The molecule has 0 spiro atoms. The normalized spacial score (nSPS) is 12.7. The number of fused-ring (bicyclic) bond motifs is 1. The minimum absolute atomic E-state index is 0.0529. The van der Waals surface area contributed by atoms with Crippen LogP contribution in [0.2, 0.25) is 0 Å². The minimum atomic E-state index is 0.0529. The topological polar surface area (TPSA) is 66.0 Å². The smallest absolute Gasteiger partial charge is 0.202 e. The summed E-state index contributed by atoms with van der Waals surface area (Å²) in [6, 6.07) is 5.86. The number of aromatic nitrogens is 3. The van der Waals surface area contributed by atoms with Crippen molar-refractivity contribution in [1.29, 1.82) is 0 Å². The number of para-hydroxylation sites is 1. The molecule has 1 aromatic carbocycles. The Balaban J connectivity index is 2.21.